The Morgan fingerprint density at radius 2 is 1.88 bits per heavy atom. The topological polar surface area (TPSA) is 75.6 Å². The highest BCUT2D eigenvalue weighted by Gasteiger charge is 2.23. The van der Waals surface area contributed by atoms with E-state index >= 15 is 0 Å². The molecular weight excluding hydrogens is 242 g/mol. The minimum atomic E-state index is -3.65. The van der Waals surface area contributed by atoms with Crippen LogP contribution in [0.15, 0.2) is 29.2 Å². The first-order chi connectivity index (χ1) is 8.09. The number of benzene rings is 1. The SMILES string of the molecule is O=S(=O)(NC1CCOCC1)c1ccccc1O. The summed E-state index contributed by atoms with van der Waals surface area (Å²) in [5.74, 6) is -0.230. The standard InChI is InChI=1S/C11H15NO4S/c13-10-3-1-2-4-11(10)17(14,15)12-9-5-7-16-8-6-9/h1-4,9,12-13H,5-8H2. The molecule has 0 spiro atoms. The number of phenols is 1. The highest BCUT2D eigenvalue weighted by molar-refractivity contribution is 7.89. The average Bonchev–Trinajstić information content (AvgIpc) is 2.30. The van der Waals surface area contributed by atoms with E-state index in [1.807, 2.05) is 0 Å². The van der Waals surface area contributed by atoms with Gasteiger partial charge in [0.05, 0.1) is 0 Å². The number of rotatable bonds is 3. The molecule has 1 aliphatic rings. The van der Waals surface area contributed by atoms with E-state index in [2.05, 4.69) is 4.72 Å². The Labute approximate surface area is 100 Å². The van der Waals surface area contributed by atoms with Crippen LogP contribution in [0.25, 0.3) is 0 Å². The van der Waals surface area contributed by atoms with Gasteiger partial charge in [0, 0.05) is 19.3 Å². The van der Waals surface area contributed by atoms with Crippen LogP contribution in [0.5, 0.6) is 5.75 Å². The number of ether oxygens (including phenoxy) is 1. The zero-order valence-electron chi connectivity index (χ0n) is 9.30. The molecule has 2 N–H and O–H groups in total. The van der Waals surface area contributed by atoms with E-state index in [0.717, 1.165) is 0 Å². The molecule has 1 heterocycles. The molecule has 0 aliphatic carbocycles. The lowest BCUT2D eigenvalue weighted by molar-refractivity contribution is 0.0832. The van der Waals surface area contributed by atoms with Gasteiger partial charge >= 0.3 is 0 Å². The van der Waals surface area contributed by atoms with E-state index in [9.17, 15) is 13.5 Å². The minimum Gasteiger partial charge on any atom is -0.507 e. The van der Waals surface area contributed by atoms with E-state index in [4.69, 9.17) is 4.74 Å². The van der Waals surface area contributed by atoms with Gasteiger partial charge in [-0.25, -0.2) is 13.1 Å². The van der Waals surface area contributed by atoms with Crippen LogP contribution in [-0.4, -0.2) is 32.8 Å². The molecule has 0 saturated carbocycles. The molecular formula is C11H15NO4S. The fraction of sp³-hybridized carbons (Fsp3) is 0.455. The van der Waals surface area contributed by atoms with Gasteiger partial charge in [-0.3, -0.25) is 0 Å². The highest BCUT2D eigenvalue weighted by Crippen LogP contribution is 2.22. The second-order valence-electron chi connectivity index (χ2n) is 3.98. The molecule has 1 fully saturated rings. The molecule has 1 aromatic rings. The maximum absolute atomic E-state index is 12.0. The number of nitrogens with one attached hydrogen (secondary N) is 1. The van der Waals surface area contributed by atoms with Crippen LogP contribution in [0, 0.1) is 0 Å². The van der Waals surface area contributed by atoms with Crippen LogP contribution >= 0.6 is 0 Å². The number of hydrogen-bond donors (Lipinski definition) is 2. The van der Waals surface area contributed by atoms with Gasteiger partial charge in [0.25, 0.3) is 0 Å². The highest BCUT2D eigenvalue weighted by atomic mass is 32.2. The van der Waals surface area contributed by atoms with Crippen molar-refractivity contribution < 1.29 is 18.3 Å². The predicted octanol–water partition coefficient (Wildman–Crippen LogP) is 0.849. The third kappa shape index (κ3) is 2.96. The molecule has 0 amide bonds. The van der Waals surface area contributed by atoms with E-state index in [1.54, 1.807) is 12.1 Å². The van der Waals surface area contributed by atoms with E-state index in [0.29, 0.717) is 26.1 Å². The first-order valence-corrected chi connectivity index (χ1v) is 6.96. The minimum absolute atomic E-state index is 0.0773. The zero-order chi connectivity index (χ0) is 12.3. The van der Waals surface area contributed by atoms with Crippen molar-refractivity contribution in [3.63, 3.8) is 0 Å². The number of para-hydroxylation sites is 1. The summed E-state index contributed by atoms with van der Waals surface area (Å²) in [6.45, 7) is 1.13. The fourth-order valence-electron chi connectivity index (χ4n) is 1.78. The first kappa shape index (κ1) is 12.3. The van der Waals surface area contributed by atoms with Crippen molar-refractivity contribution in [1.82, 2.24) is 4.72 Å². The third-order valence-corrected chi connectivity index (χ3v) is 4.27. The van der Waals surface area contributed by atoms with Gasteiger partial charge < -0.3 is 9.84 Å². The van der Waals surface area contributed by atoms with Crippen LogP contribution in [-0.2, 0) is 14.8 Å². The molecule has 1 aromatic carbocycles. The van der Waals surface area contributed by atoms with Crippen LogP contribution in [0.1, 0.15) is 12.8 Å². The Bertz CT molecular complexity index is 480. The second kappa shape index (κ2) is 5.03. The van der Waals surface area contributed by atoms with E-state index in [1.165, 1.54) is 12.1 Å². The van der Waals surface area contributed by atoms with E-state index in [-0.39, 0.29) is 16.7 Å². The summed E-state index contributed by atoms with van der Waals surface area (Å²) >= 11 is 0. The third-order valence-electron chi connectivity index (χ3n) is 2.70. The molecule has 17 heavy (non-hydrogen) atoms. The van der Waals surface area contributed by atoms with Crippen LogP contribution in [0.4, 0.5) is 0 Å². The fourth-order valence-corrected chi connectivity index (χ4v) is 3.19. The summed E-state index contributed by atoms with van der Waals surface area (Å²) in [7, 11) is -3.65. The normalized spacial score (nSPS) is 18.1. The van der Waals surface area contributed by atoms with Crippen molar-refractivity contribution in [1.29, 1.82) is 0 Å². The molecule has 0 radical (unpaired) electrons. The van der Waals surface area contributed by atoms with Crippen molar-refractivity contribution >= 4 is 10.0 Å². The molecule has 1 aliphatic heterocycles. The van der Waals surface area contributed by atoms with Gasteiger partial charge in [-0.2, -0.15) is 0 Å². The van der Waals surface area contributed by atoms with Gasteiger partial charge in [0.15, 0.2) is 0 Å². The number of hydrogen-bond acceptors (Lipinski definition) is 4. The van der Waals surface area contributed by atoms with Gasteiger partial charge in [0.2, 0.25) is 10.0 Å². The average molecular weight is 257 g/mol. The van der Waals surface area contributed by atoms with Crippen molar-refractivity contribution in [2.24, 2.45) is 0 Å². The van der Waals surface area contributed by atoms with Gasteiger partial charge in [-0.05, 0) is 25.0 Å². The molecule has 2 rings (SSSR count). The van der Waals surface area contributed by atoms with Gasteiger partial charge in [-0.15, -0.1) is 0 Å². The summed E-state index contributed by atoms with van der Waals surface area (Å²) in [4.78, 5) is -0.0773. The smallest absolute Gasteiger partial charge is 0.244 e. The Hall–Kier alpha value is -1.11. The maximum atomic E-state index is 12.0. The zero-order valence-corrected chi connectivity index (χ0v) is 10.1. The summed E-state index contributed by atoms with van der Waals surface area (Å²) in [5, 5.41) is 9.53. The van der Waals surface area contributed by atoms with Crippen molar-refractivity contribution in [2.45, 2.75) is 23.8 Å². The molecule has 0 bridgehead atoms. The Morgan fingerprint density at radius 1 is 1.24 bits per heavy atom. The maximum Gasteiger partial charge on any atom is 0.244 e. The van der Waals surface area contributed by atoms with Crippen LogP contribution < -0.4 is 4.72 Å². The molecule has 94 valence electrons. The van der Waals surface area contributed by atoms with Crippen LogP contribution in [0.2, 0.25) is 0 Å². The predicted molar refractivity (Wildman–Crippen MR) is 62.3 cm³/mol. The molecule has 0 unspecified atom stereocenters. The lowest BCUT2D eigenvalue weighted by Gasteiger charge is -2.23. The van der Waals surface area contributed by atoms with Crippen molar-refractivity contribution in [3.8, 4) is 5.75 Å². The summed E-state index contributed by atoms with van der Waals surface area (Å²) < 4.78 is 31.8. The van der Waals surface area contributed by atoms with E-state index < -0.39 is 10.0 Å². The lowest BCUT2D eigenvalue weighted by Crippen LogP contribution is -2.38. The van der Waals surface area contributed by atoms with Crippen molar-refractivity contribution in [3.05, 3.63) is 24.3 Å². The van der Waals surface area contributed by atoms with Gasteiger partial charge in [-0.1, -0.05) is 12.1 Å². The number of sulfonamides is 1. The quantitative estimate of drug-likeness (QED) is 0.841. The molecule has 0 atom stereocenters. The summed E-state index contributed by atoms with van der Waals surface area (Å²) in [6.07, 6.45) is 1.32. The largest absolute Gasteiger partial charge is 0.507 e. The molecule has 1 saturated heterocycles. The molecule has 0 aromatic heterocycles. The molecule has 5 nitrogen and oxygen atoms in total. The first-order valence-electron chi connectivity index (χ1n) is 5.48. The Kier molecular flexibility index (Phi) is 3.66. The number of phenolic OH excluding ortho intramolecular Hbond substituents is 1. The monoisotopic (exact) mass is 257 g/mol. The van der Waals surface area contributed by atoms with Crippen molar-refractivity contribution in [2.75, 3.05) is 13.2 Å². The summed E-state index contributed by atoms with van der Waals surface area (Å²) in [5.41, 5.74) is 0. The van der Waals surface area contributed by atoms with Crippen LogP contribution in [0.3, 0.4) is 0 Å². The Balaban J connectivity index is 2.16. The van der Waals surface area contributed by atoms with Gasteiger partial charge in [0.1, 0.15) is 10.6 Å². The lowest BCUT2D eigenvalue weighted by atomic mass is 10.1. The summed E-state index contributed by atoms with van der Waals surface area (Å²) in [6, 6.07) is 5.80. The Morgan fingerprint density at radius 3 is 2.53 bits per heavy atom. The number of aromatic hydroxyl groups is 1. The second-order valence-corrected chi connectivity index (χ2v) is 5.66. The molecule has 6 heteroatoms.